The molecule has 1 heterocycles. The third-order valence-corrected chi connectivity index (χ3v) is 4.18. The molecule has 1 aliphatic rings. The van der Waals surface area contributed by atoms with Gasteiger partial charge in [-0.15, -0.1) is 0 Å². The first-order valence-electron chi connectivity index (χ1n) is 6.44. The van der Waals surface area contributed by atoms with Gasteiger partial charge in [-0.1, -0.05) is 6.07 Å². The van der Waals surface area contributed by atoms with Crippen LogP contribution in [0.1, 0.15) is 29.6 Å². The lowest BCUT2D eigenvalue weighted by Crippen LogP contribution is -2.29. The Morgan fingerprint density at radius 2 is 2.20 bits per heavy atom. The van der Waals surface area contributed by atoms with Crippen molar-refractivity contribution >= 4 is 27.8 Å². The highest BCUT2D eigenvalue weighted by atomic mass is 79.9. The zero-order valence-electron chi connectivity index (χ0n) is 10.8. The molecule has 0 radical (unpaired) electrons. The van der Waals surface area contributed by atoms with Crippen molar-refractivity contribution in [3.05, 3.63) is 34.1 Å². The number of amides is 1. The highest BCUT2D eigenvalue weighted by Crippen LogP contribution is 2.26. The van der Waals surface area contributed by atoms with Crippen LogP contribution in [-0.2, 0) is 4.79 Å². The molecule has 1 saturated heterocycles. The summed E-state index contributed by atoms with van der Waals surface area (Å²) in [6, 6.07) is 4.43. The van der Waals surface area contributed by atoms with Gasteiger partial charge < -0.3 is 10.0 Å². The minimum Gasteiger partial charge on any atom is -0.481 e. The molecule has 1 fully saturated rings. The maximum atomic E-state index is 13.8. The second-order valence-corrected chi connectivity index (χ2v) is 5.79. The first kappa shape index (κ1) is 15.0. The highest BCUT2D eigenvalue weighted by molar-refractivity contribution is 9.10. The summed E-state index contributed by atoms with van der Waals surface area (Å²) in [6.45, 7) is 1.04. The Morgan fingerprint density at radius 1 is 1.45 bits per heavy atom. The highest BCUT2D eigenvalue weighted by Gasteiger charge is 2.29. The molecule has 2 rings (SSSR count). The first-order chi connectivity index (χ1) is 9.49. The molecular formula is C14H15BrFNO3. The number of benzene rings is 1. The zero-order valence-corrected chi connectivity index (χ0v) is 12.4. The van der Waals surface area contributed by atoms with Gasteiger partial charge in [0.15, 0.2) is 0 Å². The average Bonchev–Trinajstić information content (AvgIpc) is 2.84. The third kappa shape index (κ3) is 3.36. The van der Waals surface area contributed by atoms with Crippen molar-refractivity contribution in [3.63, 3.8) is 0 Å². The van der Waals surface area contributed by atoms with E-state index >= 15 is 0 Å². The van der Waals surface area contributed by atoms with E-state index in [0.29, 0.717) is 24.0 Å². The van der Waals surface area contributed by atoms with Gasteiger partial charge in [0.05, 0.1) is 5.56 Å². The number of likely N-dealkylation sites (tertiary alicyclic amines) is 1. The second-order valence-electron chi connectivity index (χ2n) is 4.93. The molecule has 0 saturated carbocycles. The summed E-state index contributed by atoms with van der Waals surface area (Å²) in [6.07, 6.45) is 1.43. The van der Waals surface area contributed by atoms with Crippen molar-refractivity contribution in [1.29, 1.82) is 0 Å². The van der Waals surface area contributed by atoms with E-state index in [-0.39, 0.29) is 23.8 Å². The molecule has 1 aliphatic heterocycles. The molecule has 0 aliphatic carbocycles. The molecule has 0 spiro atoms. The molecule has 6 heteroatoms. The van der Waals surface area contributed by atoms with Crippen molar-refractivity contribution in [2.24, 2.45) is 5.92 Å². The Kier molecular flexibility index (Phi) is 4.75. The standard InChI is InChI=1S/C14H15BrFNO3/c15-10-2-1-3-11(16)13(10)14(20)17-7-6-9(8-17)4-5-12(18)19/h1-3,9H,4-8H2,(H,18,19). The predicted molar refractivity (Wildman–Crippen MR) is 75.0 cm³/mol. The minimum atomic E-state index is -0.827. The Hall–Kier alpha value is -1.43. The van der Waals surface area contributed by atoms with E-state index in [1.165, 1.54) is 12.1 Å². The van der Waals surface area contributed by atoms with Gasteiger partial charge in [0.1, 0.15) is 5.82 Å². The van der Waals surface area contributed by atoms with Gasteiger partial charge in [-0.05, 0) is 46.8 Å². The first-order valence-corrected chi connectivity index (χ1v) is 7.23. The molecule has 1 amide bonds. The molecule has 1 atom stereocenters. The number of aliphatic carboxylic acids is 1. The summed E-state index contributed by atoms with van der Waals surface area (Å²) in [4.78, 5) is 24.5. The van der Waals surface area contributed by atoms with Crippen LogP contribution in [0.5, 0.6) is 0 Å². The second kappa shape index (κ2) is 6.35. The van der Waals surface area contributed by atoms with Crippen LogP contribution in [0.15, 0.2) is 22.7 Å². The lowest BCUT2D eigenvalue weighted by atomic mass is 10.0. The van der Waals surface area contributed by atoms with E-state index in [1.54, 1.807) is 11.0 Å². The Morgan fingerprint density at radius 3 is 2.85 bits per heavy atom. The quantitative estimate of drug-likeness (QED) is 0.914. The minimum absolute atomic E-state index is 0.0476. The normalized spacial score (nSPS) is 18.3. The molecule has 1 aromatic carbocycles. The number of nitrogens with zero attached hydrogens (tertiary/aromatic N) is 1. The molecule has 0 bridgehead atoms. The van der Waals surface area contributed by atoms with E-state index in [0.717, 1.165) is 6.42 Å². The van der Waals surface area contributed by atoms with E-state index in [9.17, 15) is 14.0 Å². The van der Waals surface area contributed by atoms with E-state index in [1.807, 2.05) is 0 Å². The molecular weight excluding hydrogens is 329 g/mol. The van der Waals surface area contributed by atoms with Crippen LogP contribution in [0, 0.1) is 11.7 Å². The largest absolute Gasteiger partial charge is 0.481 e. The lowest BCUT2D eigenvalue weighted by molar-refractivity contribution is -0.137. The van der Waals surface area contributed by atoms with Crippen molar-refractivity contribution in [3.8, 4) is 0 Å². The molecule has 1 aromatic rings. The van der Waals surface area contributed by atoms with Gasteiger partial charge in [0.25, 0.3) is 5.91 Å². The summed E-state index contributed by atoms with van der Waals surface area (Å²) >= 11 is 3.19. The maximum Gasteiger partial charge on any atom is 0.303 e. The molecule has 0 aromatic heterocycles. The number of hydrogen-bond acceptors (Lipinski definition) is 2. The van der Waals surface area contributed by atoms with E-state index < -0.39 is 11.8 Å². The Balaban J connectivity index is 2.03. The van der Waals surface area contributed by atoms with Crippen LogP contribution in [0.25, 0.3) is 0 Å². The number of carboxylic acid groups (broad SMARTS) is 1. The molecule has 20 heavy (non-hydrogen) atoms. The van der Waals surface area contributed by atoms with Crippen molar-refractivity contribution in [2.45, 2.75) is 19.3 Å². The monoisotopic (exact) mass is 343 g/mol. The summed E-state index contributed by atoms with van der Waals surface area (Å²) < 4.78 is 14.2. The molecule has 1 N–H and O–H groups in total. The van der Waals surface area contributed by atoms with Crippen LogP contribution >= 0.6 is 15.9 Å². The van der Waals surface area contributed by atoms with Crippen LogP contribution in [-0.4, -0.2) is 35.0 Å². The number of halogens is 2. The fraction of sp³-hybridized carbons (Fsp3) is 0.429. The zero-order chi connectivity index (χ0) is 14.7. The van der Waals surface area contributed by atoms with Crippen LogP contribution in [0.3, 0.4) is 0 Å². The van der Waals surface area contributed by atoms with E-state index in [2.05, 4.69) is 15.9 Å². The summed E-state index contributed by atoms with van der Waals surface area (Å²) in [5.74, 6) is -1.53. The van der Waals surface area contributed by atoms with Crippen molar-refractivity contribution < 1.29 is 19.1 Å². The van der Waals surface area contributed by atoms with Gasteiger partial charge in [0, 0.05) is 24.0 Å². The topological polar surface area (TPSA) is 57.6 Å². The van der Waals surface area contributed by atoms with Gasteiger partial charge in [0.2, 0.25) is 0 Å². The molecule has 108 valence electrons. The van der Waals surface area contributed by atoms with Crippen molar-refractivity contribution in [2.75, 3.05) is 13.1 Å². The number of carbonyl (C=O) groups excluding carboxylic acids is 1. The SMILES string of the molecule is O=C(O)CCC1CCN(C(=O)c2c(F)cccc2Br)C1. The fourth-order valence-electron chi connectivity index (χ4n) is 2.44. The van der Waals surface area contributed by atoms with Gasteiger partial charge >= 0.3 is 5.97 Å². The van der Waals surface area contributed by atoms with Gasteiger partial charge in [-0.3, -0.25) is 9.59 Å². The number of carbonyl (C=O) groups is 2. The molecule has 1 unspecified atom stereocenters. The average molecular weight is 344 g/mol. The Labute approximate surface area is 124 Å². The number of hydrogen-bond donors (Lipinski definition) is 1. The van der Waals surface area contributed by atoms with Gasteiger partial charge in [-0.2, -0.15) is 0 Å². The summed E-state index contributed by atoms with van der Waals surface area (Å²) in [5.41, 5.74) is 0.0476. The molecule has 4 nitrogen and oxygen atoms in total. The summed E-state index contributed by atoms with van der Waals surface area (Å²) in [5, 5.41) is 8.66. The van der Waals surface area contributed by atoms with Crippen LogP contribution < -0.4 is 0 Å². The predicted octanol–water partition coefficient (Wildman–Crippen LogP) is 2.92. The van der Waals surface area contributed by atoms with E-state index in [4.69, 9.17) is 5.11 Å². The number of rotatable bonds is 4. The maximum absolute atomic E-state index is 13.8. The van der Waals surface area contributed by atoms with Crippen molar-refractivity contribution in [1.82, 2.24) is 4.90 Å². The third-order valence-electron chi connectivity index (χ3n) is 3.52. The lowest BCUT2D eigenvalue weighted by Gasteiger charge is -2.17. The number of carboxylic acids is 1. The van der Waals surface area contributed by atoms with Crippen LogP contribution in [0.2, 0.25) is 0 Å². The fourth-order valence-corrected chi connectivity index (χ4v) is 2.95. The summed E-state index contributed by atoms with van der Waals surface area (Å²) in [7, 11) is 0. The smallest absolute Gasteiger partial charge is 0.303 e. The van der Waals surface area contributed by atoms with Crippen LogP contribution in [0.4, 0.5) is 4.39 Å². The van der Waals surface area contributed by atoms with Gasteiger partial charge in [-0.25, -0.2) is 4.39 Å². The Bertz CT molecular complexity index is 515.